The second-order valence-electron chi connectivity index (χ2n) is 3.77. The van der Waals surface area contributed by atoms with Crippen molar-refractivity contribution in [3.63, 3.8) is 0 Å². The van der Waals surface area contributed by atoms with Crippen molar-refractivity contribution >= 4 is 33.3 Å². The van der Waals surface area contributed by atoms with Crippen molar-refractivity contribution in [1.29, 1.82) is 0 Å². The van der Waals surface area contributed by atoms with Crippen LogP contribution in [0.25, 0.3) is 0 Å². The fourth-order valence-corrected chi connectivity index (χ4v) is 1.73. The number of aromatic nitrogens is 1. The molecule has 0 aliphatic rings. The van der Waals surface area contributed by atoms with Crippen LogP contribution in [0.1, 0.15) is 10.4 Å². The molecule has 2 N–H and O–H groups in total. The van der Waals surface area contributed by atoms with Gasteiger partial charge in [-0.1, -0.05) is 0 Å². The average molecular weight is 338 g/mol. The van der Waals surface area contributed by atoms with E-state index in [2.05, 4.69) is 26.2 Å². The maximum Gasteiger partial charge on any atom is 0.282 e. The zero-order valence-electron chi connectivity index (χ0n) is 9.91. The summed E-state index contributed by atoms with van der Waals surface area (Å²) in [4.78, 5) is 26.1. The number of nitro benzene ring substituents is 1. The van der Waals surface area contributed by atoms with Gasteiger partial charge in [0.15, 0.2) is 0 Å². The number of hydrogen-bond donors (Lipinski definition) is 2. The lowest BCUT2D eigenvalue weighted by Crippen LogP contribution is -2.14. The van der Waals surface area contributed by atoms with Crippen LogP contribution in [0.5, 0.6) is 5.75 Å². The second-order valence-corrected chi connectivity index (χ2v) is 4.69. The average Bonchev–Trinajstić information content (AvgIpc) is 2.41. The molecular formula is C12H8BrN3O4. The third-order valence-electron chi connectivity index (χ3n) is 2.39. The van der Waals surface area contributed by atoms with E-state index in [-0.39, 0.29) is 17.1 Å². The maximum atomic E-state index is 12.0. The molecule has 1 aromatic heterocycles. The number of phenolic OH excluding ortho intramolecular Hbond substituents is 1. The number of amides is 1. The first-order chi connectivity index (χ1) is 9.47. The summed E-state index contributed by atoms with van der Waals surface area (Å²) < 4.78 is 0.735. The molecule has 102 valence electrons. The molecule has 1 amide bonds. The smallest absolute Gasteiger partial charge is 0.282 e. The van der Waals surface area contributed by atoms with Crippen LogP contribution in [-0.4, -0.2) is 20.9 Å². The molecule has 1 heterocycles. The normalized spacial score (nSPS) is 10.1. The van der Waals surface area contributed by atoms with Gasteiger partial charge in [-0.05, 0) is 40.2 Å². The number of carbonyl (C=O) groups is 1. The Balaban J connectivity index is 2.31. The number of benzene rings is 1. The van der Waals surface area contributed by atoms with Gasteiger partial charge < -0.3 is 10.4 Å². The zero-order chi connectivity index (χ0) is 14.7. The maximum absolute atomic E-state index is 12.0. The molecule has 0 atom stereocenters. The van der Waals surface area contributed by atoms with E-state index >= 15 is 0 Å². The minimum atomic E-state index is -0.720. The van der Waals surface area contributed by atoms with Crippen LogP contribution in [-0.2, 0) is 0 Å². The number of phenols is 1. The largest absolute Gasteiger partial charge is 0.508 e. The Kier molecular flexibility index (Phi) is 3.94. The topological polar surface area (TPSA) is 105 Å². The highest BCUT2D eigenvalue weighted by molar-refractivity contribution is 9.10. The summed E-state index contributed by atoms with van der Waals surface area (Å²) in [5, 5.41) is 22.6. The van der Waals surface area contributed by atoms with E-state index in [4.69, 9.17) is 0 Å². The Labute approximate surface area is 121 Å². The minimum absolute atomic E-state index is 0.232. The van der Waals surface area contributed by atoms with Crippen LogP contribution in [0.4, 0.5) is 11.5 Å². The molecule has 0 fully saturated rings. The molecule has 0 aliphatic heterocycles. The summed E-state index contributed by atoms with van der Waals surface area (Å²) >= 11 is 3.20. The van der Waals surface area contributed by atoms with Crippen molar-refractivity contribution in [2.45, 2.75) is 0 Å². The Morgan fingerprint density at radius 3 is 2.70 bits per heavy atom. The molecule has 0 spiro atoms. The van der Waals surface area contributed by atoms with Crippen LogP contribution >= 0.6 is 15.9 Å². The van der Waals surface area contributed by atoms with Crippen molar-refractivity contribution in [3.8, 4) is 5.75 Å². The number of pyridine rings is 1. The van der Waals surface area contributed by atoms with E-state index in [9.17, 15) is 20.0 Å². The van der Waals surface area contributed by atoms with E-state index in [1.807, 2.05) is 0 Å². The fraction of sp³-hybridized carbons (Fsp3) is 0. The highest BCUT2D eigenvalue weighted by Crippen LogP contribution is 2.24. The number of rotatable bonds is 3. The van der Waals surface area contributed by atoms with Crippen LogP contribution in [0, 0.1) is 10.1 Å². The quantitative estimate of drug-likeness (QED) is 0.661. The number of aromatic hydroxyl groups is 1. The van der Waals surface area contributed by atoms with Gasteiger partial charge in [0.2, 0.25) is 0 Å². The lowest BCUT2D eigenvalue weighted by molar-refractivity contribution is -0.385. The summed E-state index contributed by atoms with van der Waals surface area (Å²) in [6.07, 6.45) is 1.48. The van der Waals surface area contributed by atoms with Crippen molar-refractivity contribution in [1.82, 2.24) is 4.98 Å². The van der Waals surface area contributed by atoms with E-state index in [0.29, 0.717) is 0 Å². The van der Waals surface area contributed by atoms with Crippen LogP contribution in [0.2, 0.25) is 0 Å². The van der Waals surface area contributed by atoms with Crippen molar-refractivity contribution < 1.29 is 14.8 Å². The van der Waals surface area contributed by atoms with Gasteiger partial charge in [-0.15, -0.1) is 0 Å². The van der Waals surface area contributed by atoms with Gasteiger partial charge in [0.05, 0.1) is 4.92 Å². The summed E-state index contributed by atoms with van der Waals surface area (Å²) in [5.74, 6) is -0.706. The number of nitrogens with one attached hydrogen (secondary N) is 1. The third kappa shape index (κ3) is 3.09. The zero-order valence-corrected chi connectivity index (χ0v) is 11.5. The molecule has 20 heavy (non-hydrogen) atoms. The Morgan fingerprint density at radius 2 is 2.10 bits per heavy atom. The van der Waals surface area contributed by atoms with Gasteiger partial charge in [0.25, 0.3) is 11.6 Å². The van der Waals surface area contributed by atoms with Crippen LogP contribution < -0.4 is 5.32 Å². The molecule has 8 heteroatoms. The molecular weight excluding hydrogens is 330 g/mol. The molecule has 7 nitrogen and oxygen atoms in total. The number of nitro groups is 1. The lowest BCUT2D eigenvalue weighted by Gasteiger charge is -2.05. The van der Waals surface area contributed by atoms with E-state index in [1.54, 1.807) is 6.07 Å². The molecule has 1 aromatic carbocycles. The van der Waals surface area contributed by atoms with Crippen LogP contribution in [0.3, 0.4) is 0 Å². The summed E-state index contributed by atoms with van der Waals surface area (Å²) in [5.41, 5.74) is -0.628. The predicted octanol–water partition coefficient (Wildman–Crippen LogP) is 2.71. The fourth-order valence-electron chi connectivity index (χ4n) is 1.50. The Hall–Kier alpha value is -2.48. The van der Waals surface area contributed by atoms with Gasteiger partial charge in [0.1, 0.15) is 17.1 Å². The third-order valence-corrected chi connectivity index (χ3v) is 2.86. The lowest BCUT2D eigenvalue weighted by atomic mass is 10.1. The van der Waals surface area contributed by atoms with Gasteiger partial charge in [0, 0.05) is 16.7 Å². The molecule has 0 radical (unpaired) electrons. The molecule has 0 saturated heterocycles. The van der Waals surface area contributed by atoms with E-state index in [1.165, 1.54) is 12.3 Å². The summed E-state index contributed by atoms with van der Waals surface area (Å²) in [6, 6.07) is 6.45. The van der Waals surface area contributed by atoms with Gasteiger partial charge in [-0.25, -0.2) is 4.98 Å². The number of halogens is 1. The number of carbonyl (C=O) groups excluding carboxylic acids is 1. The molecule has 0 bridgehead atoms. The molecule has 0 unspecified atom stereocenters. The first kappa shape index (κ1) is 13.9. The number of nitrogens with zero attached hydrogens (tertiary/aromatic N) is 2. The second kappa shape index (κ2) is 5.66. The van der Waals surface area contributed by atoms with Crippen molar-refractivity contribution in [2.24, 2.45) is 0 Å². The monoisotopic (exact) mass is 337 g/mol. The summed E-state index contributed by atoms with van der Waals surface area (Å²) in [6.45, 7) is 0. The van der Waals surface area contributed by atoms with Crippen molar-refractivity contribution in [2.75, 3.05) is 5.32 Å². The van der Waals surface area contributed by atoms with E-state index in [0.717, 1.165) is 22.7 Å². The molecule has 0 aliphatic carbocycles. The van der Waals surface area contributed by atoms with Crippen molar-refractivity contribution in [3.05, 3.63) is 56.7 Å². The molecule has 0 saturated carbocycles. The molecule has 2 aromatic rings. The van der Waals surface area contributed by atoms with E-state index < -0.39 is 16.5 Å². The number of hydrogen-bond acceptors (Lipinski definition) is 5. The number of anilines is 1. The molecule has 2 rings (SSSR count). The summed E-state index contributed by atoms with van der Waals surface area (Å²) in [7, 11) is 0. The van der Waals surface area contributed by atoms with Gasteiger partial charge in [-0.3, -0.25) is 14.9 Å². The Bertz CT molecular complexity index is 673. The van der Waals surface area contributed by atoms with Gasteiger partial charge in [-0.2, -0.15) is 0 Å². The first-order valence-corrected chi connectivity index (χ1v) is 6.17. The van der Waals surface area contributed by atoms with Crippen LogP contribution in [0.15, 0.2) is 41.0 Å². The van der Waals surface area contributed by atoms with Gasteiger partial charge >= 0.3 is 0 Å². The highest BCUT2D eigenvalue weighted by atomic mass is 79.9. The minimum Gasteiger partial charge on any atom is -0.508 e. The first-order valence-electron chi connectivity index (χ1n) is 5.37. The Morgan fingerprint density at radius 1 is 1.35 bits per heavy atom. The predicted molar refractivity (Wildman–Crippen MR) is 74.7 cm³/mol. The highest BCUT2D eigenvalue weighted by Gasteiger charge is 2.21. The SMILES string of the molecule is O=C(Nc1ccc(Br)cn1)c1cc(O)ccc1[N+](=O)[O-]. The standard InChI is InChI=1S/C12H8BrN3O4/c13-7-1-4-11(14-6-7)15-12(18)9-5-8(17)2-3-10(9)16(19)20/h1-6,17H,(H,14,15,18).